The first-order chi connectivity index (χ1) is 7.11. The lowest BCUT2D eigenvalue weighted by Crippen LogP contribution is -2.04. The van der Waals surface area contributed by atoms with Crippen molar-refractivity contribution in [3.63, 3.8) is 0 Å². The Hall–Kier alpha value is -1.20. The summed E-state index contributed by atoms with van der Waals surface area (Å²) in [5.41, 5.74) is 0.995. The van der Waals surface area contributed by atoms with E-state index in [4.69, 9.17) is 21.6 Å². The largest absolute Gasteiger partial charge is 0.497 e. The number of nitriles is 1. The van der Waals surface area contributed by atoms with E-state index in [1.807, 2.05) is 12.1 Å². The zero-order valence-electron chi connectivity index (χ0n) is 8.75. The first kappa shape index (κ1) is 10.3. The summed E-state index contributed by atoms with van der Waals surface area (Å²) in [4.78, 5) is 0. The smallest absolute Gasteiger partial charge is 0.120 e. The van der Waals surface area contributed by atoms with Crippen LogP contribution in [0.4, 0.5) is 0 Å². The van der Waals surface area contributed by atoms with Crippen molar-refractivity contribution in [2.45, 2.75) is 18.8 Å². The molecule has 78 valence electrons. The monoisotopic (exact) mass is 221 g/mol. The maximum Gasteiger partial charge on any atom is 0.120 e. The summed E-state index contributed by atoms with van der Waals surface area (Å²) in [5.74, 6) is 0.852. The summed E-state index contributed by atoms with van der Waals surface area (Å²) in [6.45, 7) is 2.08. The van der Waals surface area contributed by atoms with E-state index < -0.39 is 0 Å². The number of benzene rings is 1. The predicted molar refractivity (Wildman–Crippen MR) is 59.1 cm³/mol. The maximum absolute atomic E-state index is 8.88. The van der Waals surface area contributed by atoms with E-state index in [0.29, 0.717) is 5.02 Å². The normalized spacial score (nSPS) is 28.3. The van der Waals surface area contributed by atoms with E-state index in [9.17, 15) is 0 Å². The van der Waals surface area contributed by atoms with Gasteiger partial charge in [0.25, 0.3) is 0 Å². The minimum atomic E-state index is -0.0574. The van der Waals surface area contributed by atoms with Crippen molar-refractivity contribution in [1.82, 2.24) is 0 Å². The zero-order chi connectivity index (χ0) is 11.1. The van der Waals surface area contributed by atoms with Crippen LogP contribution in [-0.4, -0.2) is 7.11 Å². The molecule has 1 aromatic rings. The number of methoxy groups -OCH3 is 1. The van der Waals surface area contributed by atoms with Gasteiger partial charge in [-0.1, -0.05) is 24.6 Å². The Kier molecular flexibility index (Phi) is 2.36. The molecular formula is C12H12ClNO. The molecule has 1 aliphatic rings. The highest BCUT2D eigenvalue weighted by Crippen LogP contribution is 2.55. The van der Waals surface area contributed by atoms with Crippen LogP contribution in [0.3, 0.4) is 0 Å². The molecule has 2 nitrogen and oxygen atoms in total. The highest BCUT2D eigenvalue weighted by molar-refractivity contribution is 6.31. The minimum absolute atomic E-state index is 0.0574. The summed E-state index contributed by atoms with van der Waals surface area (Å²) in [6, 6.07) is 7.94. The van der Waals surface area contributed by atoms with Gasteiger partial charge in [-0.3, -0.25) is 0 Å². The molecule has 0 radical (unpaired) electrons. The minimum Gasteiger partial charge on any atom is -0.497 e. The van der Waals surface area contributed by atoms with Gasteiger partial charge in [0.1, 0.15) is 5.75 Å². The highest BCUT2D eigenvalue weighted by atomic mass is 35.5. The zero-order valence-corrected chi connectivity index (χ0v) is 9.51. The molecular weight excluding hydrogens is 210 g/mol. The number of hydrogen-bond donors (Lipinski definition) is 0. The number of nitrogens with zero attached hydrogens (tertiary/aromatic N) is 1. The first-order valence-electron chi connectivity index (χ1n) is 4.85. The average molecular weight is 222 g/mol. The molecule has 0 amide bonds. The molecule has 0 N–H and O–H groups in total. The molecule has 3 heteroatoms. The standard InChI is InChI=1S/C12H12ClNO/c1-12(6-8(12)7-14)10-4-3-9(15-2)5-11(10)13/h3-5,8H,6H2,1-2H3. The fourth-order valence-electron chi connectivity index (χ4n) is 1.94. The molecule has 0 spiro atoms. The van der Waals surface area contributed by atoms with Crippen LogP contribution in [-0.2, 0) is 5.41 Å². The second-order valence-corrected chi connectivity index (χ2v) is 4.56. The van der Waals surface area contributed by atoms with Gasteiger partial charge < -0.3 is 4.74 Å². The van der Waals surface area contributed by atoms with Crippen LogP contribution in [0.5, 0.6) is 5.75 Å². The lowest BCUT2D eigenvalue weighted by Gasteiger charge is -2.12. The second-order valence-electron chi connectivity index (χ2n) is 4.15. The summed E-state index contributed by atoms with van der Waals surface area (Å²) >= 11 is 6.17. The van der Waals surface area contributed by atoms with Crippen LogP contribution in [0.15, 0.2) is 18.2 Å². The van der Waals surface area contributed by atoms with Gasteiger partial charge in [0, 0.05) is 10.4 Å². The van der Waals surface area contributed by atoms with Crippen LogP contribution in [0, 0.1) is 17.2 Å². The fourth-order valence-corrected chi connectivity index (χ4v) is 2.32. The Bertz CT molecular complexity index is 438. The number of ether oxygens (including phenoxy) is 1. The van der Waals surface area contributed by atoms with Crippen molar-refractivity contribution >= 4 is 11.6 Å². The van der Waals surface area contributed by atoms with Crippen LogP contribution in [0.2, 0.25) is 5.02 Å². The first-order valence-corrected chi connectivity index (χ1v) is 5.23. The lowest BCUT2D eigenvalue weighted by molar-refractivity contribution is 0.414. The third-order valence-electron chi connectivity index (χ3n) is 3.18. The number of hydrogen-bond acceptors (Lipinski definition) is 2. The molecule has 15 heavy (non-hydrogen) atoms. The molecule has 0 aliphatic heterocycles. The molecule has 0 aromatic heterocycles. The van der Waals surface area contributed by atoms with Crippen molar-refractivity contribution in [2.24, 2.45) is 5.92 Å². The average Bonchev–Trinajstić information content (AvgIpc) is 2.90. The fraction of sp³-hybridized carbons (Fsp3) is 0.417. The Morgan fingerprint density at radius 2 is 2.33 bits per heavy atom. The third kappa shape index (κ3) is 1.57. The number of rotatable bonds is 2. The molecule has 2 unspecified atom stereocenters. The van der Waals surface area contributed by atoms with Crippen LogP contribution < -0.4 is 4.74 Å². The molecule has 1 fully saturated rings. The highest BCUT2D eigenvalue weighted by Gasteiger charge is 2.52. The van der Waals surface area contributed by atoms with Gasteiger partial charge in [-0.05, 0) is 24.1 Å². The Labute approximate surface area is 94.4 Å². The summed E-state index contributed by atoms with van der Waals surface area (Å²) < 4.78 is 5.09. The SMILES string of the molecule is COc1ccc(C2(C)CC2C#N)c(Cl)c1. The van der Waals surface area contributed by atoms with Crippen LogP contribution in [0.1, 0.15) is 18.9 Å². The van der Waals surface area contributed by atoms with Crippen molar-refractivity contribution in [2.75, 3.05) is 7.11 Å². The maximum atomic E-state index is 8.88. The van der Waals surface area contributed by atoms with Crippen molar-refractivity contribution in [3.05, 3.63) is 28.8 Å². The Morgan fingerprint density at radius 3 is 2.80 bits per heavy atom. The second kappa shape index (κ2) is 3.43. The van der Waals surface area contributed by atoms with Crippen molar-refractivity contribution < 1.29 is 4.74 Å². The lowest BCUT2D eigenvalue weighted by atomic mass is 9.95. The molecule has 0 bridgehead atoms. The third-order valence-corrected chi connectivity index (χ3v) is 3.50. The van der Waals surface area contributed by atoms with Gasteiger partial charge in [-0.25, -0.2) is 0 Å². The predicted octanol–water partition coefficient (Wildman–Crippen LogP) is 3.15. The van der Waals surface area contributed by atoms with E-state index in [2.05, 4.69) is 13.0 Å². The molecule has 0 saturated heterocycles. The van der Waals surface area contributed by atoms with E-state index in [1.54, 1.807) is 13.2 Å². The van der Waals surface area contributed by atoms with Gasteiger partial charge in [-0.15, -0.1) is 0 Å². The molecule has 1 aromatic carbocycles. The van der Waals surface area contributed by atoms with Gasteiger partial charge >= 0.3 is 0 Å². The van der Waals surface area contributed by atoms with E-state index in [0.717, 1.165) is 17.7 Å². The topological polar surface area (TPSA) is 33.0 Å². The van der Waals surface area contributed by atoms with Crippen molar-refractivity contribution in [3.8, 4) is 11.8 Å². The van der Waals surface area contributed by atoms with E-state index in [-0.39, 0.29) is 11.3 Å². The van der Waals surface area contributed by atoms with E-state index >= 15 is 0 Å². The van der Waals surface area contributed by atoms with Gasteiger partial charge in [-0.2, -0.15) is 5.26 Å². The molecule has 0 heterocycles. The van der Waals surface area contributed by atoms with Crippen LogP contribution >= 0.6 is 11.6 Å². The molecule has 2 rings (SSSR count). The van der Waals surface area contributed by atoms with Crippen LogP contribution in [0.25, 0.3) is 0 Å². The Balaban J connectivity index is 2.36. The summed E-state index contributed by atoms with van der Waals surface area (Å²) in [5, 5.41) is 9.57. The van der Waals surface area contributed by atoms with Gasteiger partial charge in [0.2, 0.25) is 0 Å². The van der Waals surface area contributed by atoms with Crippen molar-refractivity contribution in [1.29, 1.82) is 5.26 Å². The van der Waals surface area contributed by atoms with Gasteiger partial charge in [0.05, 0.1) is 19.1 Å². The van der Waals surface area contributed by atoms with Gasteiger partial charge in [0.15, 0.2) is 0 Å². The number of halogens is 1. The quantitative estimate of drug-likeness (QED) is 0.769. The summed E-state index contributed by atoms with van der Waals surface area (Å²) in [6.07, 6.45) is 0.898. The van der Waals surface area contributed by atoms with E-state index in [1.165, 1.54) is 0 Å². The Morgan fingerprint density at radius 1 is 1.60 bits per heavy atom. The summed E-state index contributed by atoms with van der Waals surface area (Å²) in [7, 11) is 1.61. The molecule has 1 aliphatic carbocycles. The molecule has 1 saturated carbocycles. The molecule has 2 atom stereocenters.